The van der Waals surface area contributed by atoms with Gasteiger partial charge in [0.15, 0.2) is 0 Å². The average Bonchev–Trinajstić information content (AvgIpc) is 2.83. The van der Waals surface area contributed by atoms with Crippen LogP contribution in [0, 0.1) is 6.92 Å². The predicted octanol–water partition coefficient (Wildman–Crippen LogP) is 2.80. The molecule has 0 aromatic carbocycles. The molecule has 1 N–H and O–H groups in total. The maximum absolute atomic E-state index is 4.60. The molecule has 1 fully saturated rings. The first kappa shape index (κ1) is 14.3. The highest BCUT2D eigenvalue weighted by Gasteiger charge is 2.22. The van der Waals surface area contributed by atoms with E-state index in [0.29, 0.717) is 12.0 Å². The van der Waals surface area contributed by atoms with Crippen molar-refractivity contribution in [1.29, 1.82) is 0 Å². The van der Waals surface area contributed by atoms with Crippen LogP contribution in [-0.2, 0) is 0 Å². The summed E-state index contributed by atoms with van der Waals surface area (Å²) >= 11 is 0. The van der Waals surface area contributed by atoms with E-state index in [-0.39, 0.29) is 0 Å². The van der Waals surface area contributed by atoms with Gasteiger partial charge >= 0.3 is 0 Å². The van der Waals surface area contributed by atoms with Gasteiger partial charge < -0.3 is 5.32 Å². The minimum absolute atomic E-state index is 0.445. The van der Waals surface area contributed by atoms with Crippen LogP contribution in [0.4, 0.5) is 5.95 Å². The molecule has 1 aromatic rings. The molecule has 0 spiro atoms. The summed E-state index contributed by atoms with van der Waals surface area (Å²) in [5.74, 6) is 1.23. The fourth-order valence-corrected chi connectivity index (χ4v) is 2.72. The number of rotatable bonds is 5. The number of hydrogen-bond acceptors (Lipinski definition) is 4. The molecule has 1 aliphatic rings. The topological polar surface area (TPSA) is 41.0 Å². The van der Waals surface area contributed by atoms with E-state index in [0.717, 1.165) is 30.4 Å². The summed E-state index contributed by atoms with van der Waals surface area (Å²) in [4.78, 5) is 11.6. The number of likely N-dealkylation sites (N-methyl/N-ethyl adjacent to an activating group) is 1. The zero-order valence-corrected chi connectivity index (χ0v) is 12.6. The number of nitrogens with one attached hydrogen (secondary N) is 1. The van der Waals surface area contributed by atoms with Crippen molar-refractivity contribution in [2.75, 3.05) is 25.0 Å². The summed E-state index contributed by atoms with van der Waals surface area (Å²) in [6, 6.07) is 2.71. The minimum Gasteiger partial charge on any atom is -0.353 e. The van der Waals surface area contributed by atoms with Gasteiger partial charge in [-0.3, -0.25) is 4.90 Å². The molecule has 0 aliphatic carbocycles. The Bertz CT molecular complexity index is 417. The molecule has 0 amide bonds. The molecule has 19 heavy (non-hydrogen) atoms. The third-order valence-electron chi connectivity index (χ3n) is 3.87. The highest BCUT2D eigenvalue weighted by molar-refractivity contribution is 5.29. The number of hydrogen-bond donors (Lipinski definition) is 1. The smallest absolute Gasteiger partial charge is 0.223 e. The first-order valence-electron chi connectivity index (χ1n) is 7.43. The second kappa shape index (κ2) is 6.33. The second-order valence-corrected chi connectivity index (χ2v) is 5.72. The van der Waals surface area contributed by atoms with Crippen LogP contribution in [-0.4, -0.2) is 40.5 Å². The fourth-order valence-electron chi connectivity index (χ4n) is 2.72. The Morgan fingerprint density at radius 1 is 1.42 bits per heavy atom. The Hall–Kier alpha value is -1.16. The van der Waals surface area contributed by atoms with Crippen molar-refractivity contribution in [2.24, 2.45) is 0 Å². The lowest BCUT2D eigenvalue weighted by Gasteiger charge is -2.23. The standard InChI is InChI=1S/C15H26N4/c1-5-19-8-6-7-13(19)10-16-15-17-12(4)9-14(18-15)11(2)3/h9,11,13H,5-8,10H2,1-4H3,(H,16,17,18). The van der Waals surface area contributed by atoms with Gasteiger partial charge in [0.1, 0.15) is 0 Å². The Morgan fingerprint density at radius 2 is 2.21 bits per heavy atom. The maximum atomic E-state index is 4.60. The zero-order chi connectivity index (χ0) is 13.8. The zero-order valence-electron chi connectivity index (χ0n) is 12.6. The molecule has 2 heterocycles. The van der Waals surface area contributed by atoms with Crippen LogP contribution < -0.4 is 5.32 Å². The van der Waals surface area contributed by atoms with Crippen LogP contribution in [0.2, 0.25) is 0 Å². The van der Waals surface area contributed by atoms with Crippen LogP contribution in [0.1, 0.15) is 50.9 Å². The summed E-state index contributed by atoms with van der Waals surface area (Å²) in [5.41, 5.74) is 2.16. The quantitative estimate of drug-likeness (QED) is 0.886. The van der Waals surface area contributed by atoms with Crippen molar-refractivity contribution >= 4 is 5.95 Å². The van der Waals surface area contributed by atoms with Crippen molar-refractivity contribution in [1.82, 2.24) is 14.9 Å². The van der Waals surface area contributed by atoms with E-state index >= 15 is 0 Å². The van der Waals surface area contributed by atoms with Crippen molar-refractivity contribution in [3.8, 4) is 0 Å². The maximum Gasteiger partial charge on any atom is 0.223 e. The molecule has 4 nitrogen and oxygen atoms in total. The fraction of sp³-hybridized carbons (Fsp3) is 0.733. The molecule has 2 rings (SSSR count). The molecule has 1 saturated heterocycles. The monoisotopic (exact) mass is 262 g/mol. The van der Waals surface area contributed by atoms with Gasteiger partial charge in [-0.15, -0.1) is 0 Å². The largest absolute Gasteiger partial charge is 0.353 e. The lowest BCUT2D eigenvalue weighted by molar-refractivity contribution is 0.276. The van der Waals surface area contributed by atoms with E-state index in [4.69, 9.17) is 0 Å². The third-order valence-corrected chi connectivity index (χ3v) is 3.87. The van der Waals surface area contributed by atoms with Gasteiger partial charge in [-0.2, -0.15) is 0 Å². The number of nitrogens with zero attached hydrogens (tertiary/aromatic N) is 3. The van der Waals surface area contributed by atoms with E-state index in [2.05, 4.69) is 47.0 Å². The molecule has 0 saturated carbocycles. The van der Waals surface area contributed by atoms with Crippen molar-refractivity contribution in [3.63, 3.8) is 0 Å². The van der Waals surface area contributed by atoms with Crippen LogP contribution in [0.15, 0.2) is 6.07 Å². The summed E-state index contributed by atoms with van der Waals surface area (Å²) in [5, 5.41) is 3.42. The van der Waals surface area contributed by atoms with Crippen molar-refractivity contribution < 1.29 is 0 Å². The van der Waals surface area contributed by atoms with Gasteiger partial charge in [0.05, 0.1) is 0 Å². The normalized spacial score (nSPS) is 20.2. The highest BCUT2D eigenvalue weighted by Crippen LogP contribution is 2.18. The van der Waals surface area contributed by atoms with Gasteiger partial charge in [-0.05, 0) is 44.8 Å². The Kier molecular flexibility index (Phi) is 4.75. The average molecular weight is 262 g/mol. The first-order valence-corrected chi connectivity index (χ1v) is 7.43. The number of likely N-dealkylation sites (tertiary alicyclic amines) is 1. The Morgan fingerprint density at radius 3 is 2.89 bits per heavy atom. The molecule has 1 aromatic heterocycles. The van der Waals surface area contributed by atoms with E-state index in [9.17, 15) is 0 Å². The molecular formula is C15H26N4. The van der Waals surface area contributed by atoms with Gasteiger partial charge in [0, 0.05) is 24.0 Å². The van der Waals surface area contributed by atoms with Crippen LogP contribution in [0.5, 0.6) is 0 Å². The second-order valence-electron chi connectivity index (χ2n) is 5.72. The van der Waals surface area contributed by atoms with Crippen LogP contribution in [0.25, 0.3) is 0 Å². The van der Waals surface area contributed by atoms with Gasteiger partial charge in [-0.1, -0.05) is 20.8 Å². The lowest BCUT2D eigenvalue weighted by atomic mass is 10.1. The summed E-state index contributed by atoms with van der Waals surface area (Å²) < 4.78 is 0. The van der Waals surface area contributed by atoms with Crippen molar-refractivity contribution in [3.05, 3.63) is 17.5 Å². The van der Waals surface area contributed by atoms with Gasteiger partial charge in [0.2, 0.25) is 5.95 Å². The van der Waals surface area contributed by atoms with E-state index in [1.54, 1.807) is 0 Å². The molecular weight excluding hydrogens is 236 g/mol. The molecule has 0 bridgehead atoms. The summed E-state index contributed by atoms with van der Waals surface area (Å²) in [6.45, 7) is 11.9. The van der Waals surface area contributed by atoms with Crippen molar-refractivity contribution in [2.45, 2.75) is 52.5 Å². The molecule has 1 aliphatic heterocycles. The number of aryl methyl sites for hydroxylation is 1. The number of aromatic nitrogens is 2. The van der Waals surface area contributed by atoms with Crippen LogP contribution >= 0.6 is 0 Å². The lowest BCUT2D eigenvalue weighted by Crippen LogP contribution is -2.35. The summed E-state index contributed by atoms with van der Waals surface area (Å²) in [7, 11) is 0. The Balaban J connectivity index is 1.99. The predicted molar refractivity (Wildman–Crippen MR) is 79.6 cm³/mol. The third kappa shape index (κ3) is 3.66. The van der Waals surface area contributed by atoms with E-state index in [1.165, 1.54) is 19.4 Å². The molecule has 1 unspecified atom stereocenters. The minimum atomic E-state index is 0.445. The highest BCUT2D eigenvalue weighted by atomic mass is 15.2. The Labute approximate surface area is 116 Å². The number of anilines is 1. The van der Waals surface area contributed by atoms with Gasteiger partial charge in [0.25, 0.3) is 0 Å². The SMILES string of the molecule is CCN1CCCC1CNc1nc(C)cc(C(C)C)n1. The molecule has 106 valence electrons. The summed E-state index contributed by atoms with van der Waals surface area (Å²) in [6.07, 6.45) is 2.59. The van der Waals surface area contributed by atoms with E-state index in [1.807, 2.05) is 6.92 Å². The van der Waals surface area contributed by atoms with Crippen LogP contribution in [0.3, 0.4) is 0 Å². The van der Waals surface area contributed by atoms with E-state index < -0.39 is 0 Å². The van der Waals surface area contributed by atoms with Gasteiger partial charge in [-0.25, -0.2) is 9.97 Å². The molecule has 4 heteroatoms. The first-order chi connectivity index (χ1) is 9.10. The molecule has 1 atom stereocenters. The molecule has 0 radical (unpaired) electrons.